The third-order valence-corrected chi connectivity index (χ3v) is 13.4. The number of carbonyl (C=O) groups excluding carboxylic acids is 4. The standard InChI is InChI=1S/C40H28Cl2F5N3O6/c41-39-17-24-22(10-11-23-26(24)36(53)49(35(23)52)20-8-6-19(7-9-20)48-13-15-56-16-14-48)28(27-21-4-2-1-3-18(21)5-12-25(27)51)40(39,42)38(55)50(37(39)54)34-32(46)30(44)29(43)31(45)33(34)47/h1-10,12,23-24,26,28,51H,11,13-17H2/t23-,24+,26-,28+,39+,40-/m0/s1. The number of anilines is 3. The van der Waals surface area contributed by atoms with Gasteiger partial charge in [0.25, 0.3) is 11.8 Å². The van der Waals surface area contributed by atoms with Gasteiger partial charge in [0.05, 0.1) is 30.7 Å². The number of hydrogen-bond donors (Lipinski definition) is 1. The van der Waals surface area contributed by atoms with Crippen LogP contribution in [0.2, 0.25) is 0 Å². The monoisotopic (exact) mass is 811 g/mol. The van der Waals surface area contributed by atoms with Gasteiger partial charge in [0.2, 0.25) is 17.6 Å². The van der Waals surface area contributed by atoms with E-state index in [0.717, 1.165) is 10.6 Å². The van der Waals surface area contributed by atoms with Crippen LogP contribution in [-0.4, -0.2) is 64.8 Å². The lowest BCUT2D eigenvalue weighted by Gasteiger charge is -2.51. The Morgan fingerprint density at radius 1 is 0.714 bits per heavy atom. The molecule has 9 nitrogen and oxygen atoms in total. The number of morpholine rings is 1. The van der Waals surface area contributed by atoms with Gasteiger partial charge in [-0.3, -0.25) is 24.1 Å². The van der Waals surface area contributed by atoms with Gasteiger partial charge in [0.1, 0.15) is 11.4 Å². The molecule has 2 aliphatic carbocycles. The maximum Gasteiger partial charge on any atom is 0.258 e. The second-order valence-corrected chi connectivity index (χ2v) is 15.8. The quantitative estimate of drug-likeness (QED) is 0.0601. The molecule has 4 fully saturated rings. The zero-order valence-corrected chi connectivity index (χ0v) is 30.4. The normalized spacial score (nSPS) is 28.8. The molecule has 6 atom stereocenters. The number of amides is 4. The molecule has 0 aromatic heterocycles. The fourth-order valence-corrected chi connectivity index (χ4v) is 10.3. The Bertz CT molecular complexity index is 2430. The number of phenols is 1. The molecule has 4 aromatic carbocycles. The zero-order chi connectivity index (χ0) is 39.6. The molecule has 4 amide bonds. The first kappa shape index (κ1) is 36.6. The molecule has 0 unspecified atom stereocenters. The molecule has 0 bridgehead atoms. The van der Waals surface area contributed by atoms with Crippen molar-refractivity contribution >= 4 is 74.7 Å². The Balaban J connectivity index is 1.20. The van der Waals surface area contributed by atoms with Crippen molar-refractivity contribution in [3.8, 4) is 5.75 Å². The average Bonchev–Trinajstić information content (AvgIpc) is 3.55. The topological polar surface area (TPSA) is 107 Å². The van der Waals surface area contributed by atoms with E-state index in [1.807, 2.05) is 0 Å². The summed E-state index contributed by atoms with van der Waals surface area (Å²) < 4.78 is 79.7. The molecule has 3 aliphatic heterocycles. The molecule has 9 rings (SSSR count). The molecule has 3 saturated heterocycles. The SMILES string of the molecule is O=C1[C@H]2[C@H](CC=C3[C@H]2C[C@@]2(Cl)C(=O)N(c4c(F)c(F)c(F)c(F)c4F)C(=O)[C@@]2(Cl)[C@H]3c2c(O)ccc3ccccc23)C(=O)N1c1ccc(N2CCOCC2)cc1. The Morgan fingerprint density at radius 3 is 2.02 bits per heavy atom. The number of alkyl halides is 2. The van der Waals surface area contributed by atoms with Crippen LogP contribution in [0.15, 0.2) is 72.3 Å². The first-order valence-electron chi connectivity index (χ1n) is 17.7. The Labute approximate surface area is 324 Å². The lowest BCUT2D eigenvalue weighted by atomic mass is 9.56. The Hall–Kier alpha value is -5.05. The second-order valence-electron chi connectivity index (χ2n) is 14.5. The summed E-state index contributed by atoms with van der Waals surface area (Å²) in [5.41, 5.74) is -0.544. The van der Waals surface area contributed by atoms with Crippen molar-refractivity contribution in [2.45, 2.75) is 28.5 Å². The van der Waals surface area contributed by atoms with E-state index < -0.39 is 104 Å². The van der Waals surface area contributed by atoms with Gasteiger partial charge in [0.15, 0.2) is 33.0 Å². The molecule has 1 saturated carbocycles. The molecule has 0 radical (unpaired) electrons. The van der Waals surface area contributed by atoms with Crippen LogP contribution in [0.1, 0.15) is 24.3 Å². The number of fused-ring (bicyclic) bond motifs is 5. The fourth-order valence-electron chi connectivity index (χ4n) is 9.36. The van der Waals surface area contributed by atoms with Gasteiger partial charge in [0, 0.05) is 30.3 Å². The number of nitrogens with zero attached hydrogens (tertiary/aromatic N) is 3. The van der Waals surface area contributed by atoms with Crippen LogP contribution < -0.4 is 14.7 Å². The van der Waals surface area contributed by atoms with Gasteiger partial charge in [-0.2, -0.15) is 0 Å². The van der Waals surface area contributed by atoms with E-state index >= 15 is 8.78 Å². The summed E-state index contributed by atoms with van der Waals surface area (Å²) >= 11 is 14.6. The summed E-state index contributed by atoms with van der Waals surface area (Å²) in [4.78, 5) is 55.3. The number of aromatic hydroxyl groups is 1. The zero-order valence-electron chi connectivity index (χ0n) is 28.9. The number of carbonyl (C=O) groups is 4. The van der Waals surface area contributed by atoms with E-state index in [2.05, 4.69) is 4.90 Å². The smallest absolute Gasteiger partial charge is 0.258 e. The van der Waals surface area contributed by atoms with Crippen molar-refractivity contribution in [1.82, 2.24) is 0 Å². The van der Waals surface area contributed by atoms with Gasteiger partial charge in [-0.1, -0.05) is 42.0 Å². The fraction of sp³-hybridized carbons (Fsp3) is 0.300. The highest BCUT2D eigenvalue weighted by atomic mass is 35.5. The Kier molecular flexibility index (Phi) is 8.32. The predicted octanol–water partition coefficient (Wildman–Crippen LogP) is 6.85. The molecule has 1 N–H and O–H groups in total. The van der Waals surface area contributed by atoms with Crippen LogP contribution in [0, 0.1) is 46.8 Å². The lowest BCUT2D eigenvalue weighted by Crippen LogP contribution is -2.60. The summed E-state index contributed by atoms with van der Waals surface area (Å²) in [7, 11) is 0. The van der Waals surface area contributed by atoms with Crippen molar-refractivity contribution in [3.05, 3.63) is 107 Å². The van der Waals surface area contributed by atoms with Gasteiger partial charge < -0.3 is 14.7 Å². The maximum absolute atomic E-state index is 15.4. The second kappa shape index (κ2) is 12.7. The number of ether oxygens (including phenoxy) is 1. The van der Waals surface area contributed by atoms with E-state index in [0.29, 0.717) is 37.1 Å². The molecule has 16 heteroatoms. The van der Waals surface area contributed by atoms with Gasteiger partial charge in [-0.05, 0) is 59.9 Å². The van der Waals surface area contributed by atoms with Crippen molar-refractivity contribution in [2.75, 3.05) is 41.0 Å². The molecule has 5 aliphatic rings. The highest BCUT2D eigenvalue weighted by Crippen LogP contribution is 2.67. The highest BCUT2D eigenvalue weighted by Gasteiger charge is 2.77. The predicted molar refractivity (Wildman–Crippen MR) is 194 cm³/mol. The minimum atomic E-state index is -2.77. The van der Waals surface area contributed by atoms with E-state index in [9.17, 15) is 37.5 Å². The van der Waals surface area contributed by atoms with Crippen molar-refractivity contribution in [3.63, 3.8) is 0 Å². The van der Waals surface area contributed by atoms with Crippen LogP contribution in [0.4, 0.5) is 39.0 Å². The molecular weight excluding hydrogens is 784 g/mol. The largest absolute Gasteiger partial charge is 0.508 e. The van der Waals surface area contributed by atoms with Gasteiger partial charge in [-0.15, -0.1) is 23.2 Å². The molecule has 0 spiro atoms. The first-order chi connectivity index (χ1) is 26.7. The maximum atomic E-state index is 15.4. The average molecular weight is 813 g/mol. The summed E-state index contributed by atoms with van der Waals surface area (Å²) in [5.74, 6) is -22.1. The summed E-state index contributed by atoms with van der Waals surface area (Å²) in [6, 6.07) is 16.3. The van der Waals surface area contributed by atoms with E-state index in [1.165, 1.54) is 6.07 Å². The van der Waals surface area contributed by atoms with Gasteiger partial charge in [-0.25, -0.2) is 26.9 Å². The lowest BCUT2D eigenvalue weighted by molar-refractivity contribution is -0.125. The minimum absolute atomic E-state index is 0.0368. The van der Waals surface area contributed by atoms with Crippen LogP contribution in [0.5, 0.6) is 5.75 Å². The number of halogens is 7. The van der Waals surface area contributed by atoms with E-state index in [-0.39, 0.29) is 28.1 Å². The highest BCUT2D eigenvalue weighted by molar-refractivity contribution is 6.58. The summed E-state index contributed by atoms with van der Waals surface area (Å²) in [6.07, 6.45) is 0.886. The molecular formula is C40H28Cl2F5N3O6. The van der Waals surface area contributed by atoms with Crippen LogP contribution >= 0.6 is 23.2 Å². The number of rotatable bonds is 4. The molecule has 56 heavy (non-hydrogen) atoms. The van der Waals surface area contributed by atoms with Crippen LogP contribution in [0.25, 0.3) is 10.8 Å². The summed E-state index contributed by atoms with van der Waals surface area (Å²) in [5, 5.41) is 12.4. The first-order valence-corrected chi connectivity index (χ1v) is 18.5. The van der Waals surface area contributed by atoms with Crippen molar-refractivity contribution < 1.29 is 51.0 Å². The summed E-state index contributed by atoms with van der Waals surface area (Å²) in [6.45, 7) is 2.39. The third kappa shape index (κ3) is 4.75. The molecule has 4 aromatic rings. The minimum Gasteiger partial charge on any atom is -0.508 e. The van der Waals surface area contributed by atoms with Crippen LogP contribution in [-0.2, 0) is 23.9 Å². The van der Waals surface area contributed by atoms with Crippen LogP contribution in [0.3, 0.4) is 0 Å². The van der Waals surface area contributed by atoms with Gasteiger partial charge >= 0.3 is 0 Å². The molecule has 288 valence electrons. The van der Waals surface area contributed by atoms with Crippen molar-refractivity contribution in [1.29, 1.82) is 0 Å². The number of allylic oxidation sites excluding steroid dienone is 2. The van der Waals surface area contributed by atoms with E-state index in [4.69, 9.17) is 27.9 Å². The van der Waals surface area contributed by atoms with Crippen molar-refractivity contribution in [2.24, 2.45) is 17.8 Å². The number of imide groups is 2. The number of phenolic OH excluding ortho intramolecular Hbond substituents is 1. The Morgan fingerprint density at radius 2 is 1.34 bits per heavy atom. The van der Waals surface area contributed by atoms with E-state index in [1.54, 1.807) is 60.7 Å². The third-order valence-electron chi connectivity index (χ3n) is 11.9. The molecule has 3 heterocycles. The number of hydrogen-bond acceptors (Lipinski definition) is 7. The number of benzene rings is 4.